The van der Waals surface area contributed by atoms with Gasteiger partial charge in [0.05, 0.1) is 12.2 Å². The van der Waals surface area contributed by atoms with Crippen LogP contribution in [-0.2, 0) is 16.0 Å². The highest BCUT2D eigenvalue weighted by Crippen LogP contribution is 2.49. The van der Waals surface area contributed by atoms with Gasteiger partial charge in [-0.05, 0) is 129 Å². The Balaban J connectivity index is 1.48. The molecule has 0 aromatic heterocycles. The van der Waals surface area contributed by atoms with Gasteiger partial charge in [-0.2, -0.15) is 0 Å². The molecule has 0 saturated carbocycles. The Morgan fingerprint density at radius 1 is 1.08 bits per heavy atom. The number of nitrogens with one attached hydrogen (secondary N) is 1. The second-order valence-electron chi connectivity index (χ2n) is 14.3. The summed E-state index contributed by atoms with van der Waals surface area (Å²) in [4.78, 5) is 15.9. The van der Waals surface area contributed by atoms with E-state index in [0.29, 0.717) is 23.5 Å². The average molecular weight is 657 g/mol. The van der Waals surface area contributed by atoms with Crippen molar-refractivity contribution in [3.63, 3.8) is 0 Å². The number of likely N-dealkylation sites (N-methyl/N-ethyl adjacent to an activating group) is 1. The van der Waals surface area contributed by atoms with Crippen molar-refractivity contribution in [1.82, 2.24) is 0 Å². The van der Waals surface area contributed by atoms with E-state index in [1.165, 1.54) is 11.8 Å². The van der Waals surface area contributed by atoms with Crippen LogP contribution >= 0.6 is 0 Å². The number of allylic oxidation sites excluding steroid dienone is 4. The number of aryl methyl sites for hydroxylation is 1. The molecule has 0 radical (unpaired) electrons. The summed E-state index contributed by atoms with van der Waals surface area (Å²) < 4.78 is 28.3. The van der Waals surface area contributed by atoms with E-state index in [1.807, 2.05) is 71.0 Å². The summed E-state index contributed by atoms with van der Waals surface area (Å²) in [5, 5.41) is 8.15. The van der Waals surface area contributed by atoms with E-state index >= 15 is 4.39 Å². The monoisotopic (exact) mass is 656 g/mol. The molecular weight excluding hydrogens is 611 g/mol. The van der Waals surface area contributed by atoms with Gasteiger partial charge < -0.3 is 19.8 Å². The Hall–Kier alpha value is -4.81. The first kappa shape index (κ1) is 34.1. The van der Waals surface area contributed by atoms with Crippen LogP contribution in [0.2, 0.25) is 0 Å². The zero-order chi connectivity index (χ0) is 35.2. The lowest BCUT2D eigenvalue weighted by Crippen LogP contribution is -2.33. The van der Waals surface area contributed by atoms with Gasteiger partial charge in [0, 0.05) is 36.0 Å². The summed E-state index contributed by atoms with van der Waals surface area (Å²) in [6, 6.07) is 17.9. The van der Waals surface area contributed by atoms with E-state index < -0.39 is 17.5 Å². The molecule has 1 aliphatic heterocycles. The zero-order valence-corrected chi connectivity index (χ0v) is 29.5. The van der Waals surface area contributed by atoms with E-state index in [2.05, 4.69) is 43.8 Å². The maximum atomic E-state index is 15.9. The topological polar surface area (TPSA) is 62.6 Å². The number of nitrogens with zero attached hydrogens (tertiary/aromatic N) is 1. The molecule has 5 nitrogen and oxygen atoms in total. The van der Waals surface area contributed by atoms with E-state index in [4.69, 9.17) is 14.9 Å². The van der Waals surface area contributed by atoms with Crippen molar-refractivity contribution in [3.8, 4) is 16.9 Å². The highest BCUT2D eigenvalue weighted by atomic mass is 19.1. The van der Waals surface area contributed by atoms with Crippen LogP contribution in [0, 0.1) is 31.0 Å². The summed E-state index contributed by atoms with van der Waals surface area (Å²) in [5.74, 6) is -0.545. The Bertz CT molecular complexity index is 2010. The number of anilines is 1. The van der Waals surface area contributed by atoms with Crippen LogP contribution in [0.4, 0.5) is 10.1 Å². The second-order valence-corrected chi connectivity index (χ2v) is 14.3. The molecule has 1 amide bonds. The fourth-order valence-corrected chi connectivity index (χ4v) is 7.19. The zero-order valence-electron chi connectivity index (χ0n) is 29.5. The minimum atomic E-state index is -0.653. The molecule has 3 aliphatic rings. The quantitative estimate of drug-likeness (QED) is 0.246. The first-order valence-corrected chi connectivity index (χ1v) is 16.9. The molecule has 6 rings (SSSR count). The van der Waals surface area contributed by atoms with Gasteiger partial charge in [-0.1, -0.05) is 60.7 Å². The molecule has 49 heavy (non-hydrogen) atoms. The Kier molecular flexibility index (Phi) is 9.21. The van der Waals surface area contributed by atoms with Gasteiger partial charge in [0.15, 0.2) is 11.6 Å². The number of hydrogen-bond donors (Lipinski definition) is 1. The average Bonchev–Trinajstić information content (AvgIpc) is 3.50. The molecular formula is C43H45FN2O3. The lowest BCUT2D eigenvalue weighted by atomic mass is 9.74. The maximum absolute atomic E-state index is 15.9. The van der Waals surface area contributed by atoms with Crippen molar-refractivity contribution in [2.24, 2.45) is 5.92 Å². The molecule has 0 bridgehead atoms. The first-order chi connectivity index (χ1) is 23.3. The van der Waals surface area contributed by atoms with Gasteiger partial charge >= 0.3 is 0 Å². The molecule has 252 valence electrons. The Morgan fingerprint density at radius 3 is 2.49 bits per heavy atom. The molecule has 2 unspecified atom stereocenters. The van der Waals surface area contributed by atoms with E-state index in [-0.39, 0.29) is 11.8 Å². The molecule has 3 aromatic carbocycles. The molecule has 0 spiro atoms. The van der Waals surface area contributed by atoms with E-state index in [9.17, 15) is 4.79 Å². The summed E-state index contributed by atoms with van der Waals surface area (Å²) in [5.41, 5.74) is 10.7. The predicted octanol–water partition coefficient (Wildman–Crippen LogP) is 9.68. The number of hydrogen-bond acceptors (Lipinski definition) is 4. The normalized spacial score (nSPS) is 17.6. The number of ether oxygens (including phenoxy) is 2. The third-order valence-electron chi connectivity index (χ3n) is 9.56. The third kappa shape index (κ3) is 6.62. The fraction of sp³-hybridized carbons (Fsp3) is 0.302. The lowest BCUT2D eigenvalue weighted by molar-refractivity contribution is -0.114. The van der Waals surface area contributed by atoms with Gasteiger partial charge in [-0.15, -0.1) is 0 Å². The summed E-state index contributed by atoms with van der Waals surface area (Å²) in [6.07, 6.45) is 8.14. The third-order valence-corrected chi connectivity index (χ3v) is 9.56. The molecule has 0 fully saturated rings. The minimum Gasteiger partial charge on any atom is -0.490 e. The van der Waals surface area contributed by atoms with Gasteiger partial charge in [0.25, 0.3) is 5.91 Å². The van der Waals surface area contributed by atoms with Gasteiger partial charge in [0.1, 0.15) is 6.10 Å². The van der Waals surface area contributed by atoms with Crippen LogP contribution in [-0.4, -0.2) is 37.5 Å². The van der Waals surface area contributed by atoms with Crippen LogP contribution in [0.25, 0.3) is 16.7 Å². The van der Waals surface area contributed by atoms with E-state index in [0.717, 1.165) is 68.6 Å². The molecule has 1 N–H and O–H groups in total. The number of carbonyl (C=O) groups is 1. The number of rotatable bonds is 8. The van der Waals surface area contributed by atoms with Crippen LogP contribution in [0.5, 0.6) is 5.75 Å². The number of halogens is 1. The van der Waals surface area contributed by atoms with Crippen molar-refractivity contribution in [2.45, 2.75) is 66.1 Å². The number of carbonyl (C=O) groups excluding carboxylic acids is 1. The molecule has 1 heterocycles. The SMILES string of the molecule is C=C(C=N)C(OC(C)(C)C)C1=C(c2cc(F)c3c(c2C)CCCO3)C2C=C(C(=O)N(C)c3cccc(-c4cccc(C)c4)c3)C=C2C=C1C. The number of amides is 1. The maximum Gasteiger partial charge on any atom is 0.257 e. The van der Waals surface area contributed by atoms with Crippen molar-refractivity contribution in [2.75, 3.05) is 18.6 Å². The predicted molar refractivity (Wildman–Crippen MR) is 198 cm³/mol. The van der Waals surface area contributed by atoms with Gasteiger partial charge in [-0.25, -0.2) is 4.39 Å². The van der Waals surface area contributed by atoms with Crippen molar-refractivity contribution < 1.29 is 18.7 Å². The second kappa shape index (κ2) is 13.2. The van der Waals surface area contributed by atoms with Crippen LogP contribution in [0.3, 0.4) is 0 Å². The Morgan fingerprint density at radius 2 is 1.80 bits per heavy atom. The Labute approximate surface area is 289 Å². The number of fused-ring (bicyclic) bond motifs is 2. The lowest BCUT2D eigenvalue weighted by Gasteiger charge is -2.36. The first-order valence-electron chi connectivity index (χ1n) is 16.9. The van der Waals surface area contributed by atoms with Crippen LogP contribution in [0.15, 0.2) is 107 Å². The van der Waals surface area contributed by atoms with Crippen molar-refractivity contribution in [3.05, 3.63) is 135 Å². The molecule has 3 aromatic rings. The molecule has 6 heteroatoms. The van der Waals surface area contributed by atoms with Crippen molar-refractivity contribution >= 4 is 23.4 Å². The van der Waals surface area contributed by atoms with Crippen molar-refractivity contribution in [1.29, 1.82) is 5.41 Å². The molecule has 0 saturated heterocycles. The smallest absolute Gasteiger partial charge is 0.257 e. The summed E-state index contributed by atoms with van der Waals surface area (Å²) in [7, 11) is 1.80. The minimum absolute atomic E-state index is 0.136. The standard InChI is InChI=1S/C43H45FN2O3/c1-25-12-9-13-29(18-25)30-14-10-15-33(21-30)46(8)42(47)32-20-31-19-26(2)38(40(27(3)24-45)49-43(5,6)7)39(36(31)22-32)35-23-37(44)41-34(28(35)4)16-11-17-48-41/h9-10,12-15,18-24,36,40,45H,3,11,16-17H2,1-2,4-8H3. The van der Waals surface area contributed by atoms with Crippen LogP contribution in [0.1, 0.15) is 56.4 Å². The summed E-state index contributed by atoms with van der Waals surface area (Å²) in [6.45, 7) is 16.7. The van der Waals surface area contributed by atoms with Gasteiger partial charge in [-0.3, -0.25) is 4.79 Å². The van der Waals surface area contributed by atoms with Crippen LogP contribution < -0.4 is 9.64 Å². The number of benzene rings is 3. The molecule has 2 aliphatic carbocycles. The summed E-state index contributed by atoms with van der Waals surface area (Å²) >= 11 is 0. The van der Waals surface area contributed by atoms with E-state index in [1.54, 1.807) is 18.0 Å². The highest BCUT2D eigenvalue weighted by molar-refractivity contribution is 6.09. The highest BCUT2D eigenvalue weighted by Gasteiger charge is 2.38. The molecule has 2 atom stereocenters. The van der Waals surface area contributed by atoms with Gasteiger partial charge in [0.2, 0.25) is 0 Å². The largest absolute Gasteiger partial charge is 0.490 e. The fourth-order valence-electron chi connectivity index (χ4n) is 7.19.